The summed E-state index contributed by atoms with van der Waals surface area (Å²) in [5.41, 5.74) is 0.495. The Hall–Kier alpha value is -1.36. The van der Waals surface area contributed by atoms with E-state index in [4.69, 9.17) is 4.74 Å². The number of methoxy groups -OCH3 is 1. The lowest BCUT2D eigenvalue weighted by Gasteiger charge is -2.07. The molecule has 2 rings (SSSR count). The number of aldehydes is 1. The van der Waals surface area contributed by atoms with Crippen molar-refractivity contribution in [2.75, 3.05) is 12.9 Å². The van der Waals surface area contributed by atoms with E-state index in [2.05, 4.69) is 0 Å². The predicted octanol–water partition coefficient (Wildman–Crippen LogP) is 0.765. The highest BCUT2D eigenvalue weighted by Crippen LogP contribution is 2.39. The molecule has 1 aromatic carbocycles. The smallest absolute Gasteiger partial charge is 0.179 e. The van der Waals surface area contributed by atoms with Crippen LogP contribution in [0.1, 0.15) is 11.5 Å². The molecule has 0 aliphatic carbocycles. The fourth-order valence-electron chi connectivity index (χ4n) is 1.86. The van der Waals surface area contributed by atoms with Crippen LogP contribution in [-0.2, 0) is 14.6 Å². The molecule has 0 saturated carbocycles. The maximum absolute atomic E-state index is 11.7. The summed E-state index contributed by atoms with van der Waals surface area (Å²) in [6.07, 6.45) is 0.659. The highest BCUT2D eigenvalue weighted by Gasteiger charge is 2.36. The van der Waals surface area contributed by atoms with Crippen molar-refractivity contribution in [2.24, 2.45) is 0 Å². The molecule has 0 amide bonds. The van der Waals surface area contributed by atoms with Gasteiger partial charge >= 0.3 is 0 Å². The Balaban J connectivity index is 2.74. The first-order chi connectivity index (χ1) is 7.10. The zero-order valence-electron chi connectivity index (χ0n) is 8.14. The minimum atomic E-state index is -3.31. The van der Waals surface area contributed by atoms with Gasteiger partial charge in [-0.05, 0) is 12.1 Å². The summed E-state index contributed by atoms with van der Waals surface area (Å²) in [5.74, 6) is -0.279. The molecule has 0 bridgehead atoms. The van der Waals surface area contributed by atoms with E-state index < -0.39 is 15.8 Å². The lowest BCUT2D eigenvalue weighted by molar-refractivity contribution is -0.108. The van der Waals surface area contributed by atoms with E-state index in [9.17, 15) is 13.2 Å². The van der Waals surface area contributed by atoms with Crippen LogP contribution >= 0.6 is 0 Å². The van der Waals surface area contributed by atoms with Gasteiger partial charge in [0.05, 0.1) is 23.7 Å². The van der Waals surface area contributed by atoms with Crippen molar-refractivity contribution < 1.29 is 17.9 Å². The normalized spacial score (nSPS) is 22.1. The average molecular weight is 226 g/mol. The summed E-state index contributed by atoms with van der Waals surface area (Å²) in [6.45, 7) is 0. The van der Waals surface area contributed by atoms with Crippen LogP contribution in [0.5, 0.6) is 5.75 Å². The molecular formula is C10H10O4S. The maximum atomic E-state index is 11.7. The van der Waals surface area contributed by atoms with E-state index in [0.717, 1.165) is 0 Å². The minimum Gasteiger partial charge on any atom is -0.496 e. The molecule has 1 aromatic rings. The Kier molecular flexibility index (Phi) is 2.26. The van der Waals surface area contributed by atoms with Crippen molar-refractivity contribution >= 4 is 16.1 Å². The van der Waals surface area contributed by atoms with Crippen LogP contribution in [0.3, 0.4) is 0 Å². The average Bonchev–Trinajstić information content (AvgIpc) is 2.50. The number of rotatable bonds is 2. The van der Waals surface area contributed by atoms with Crippen LogP contribution in [0.15, 0.2) is 23.1 Å². The third-order valence-corrected chi connectivity index (χ3v) is 4.34. The van der Waals surface area contributed by atoms with Crippen molar-refractivity contribution in [3.63, 3.8) is 0 Å². The van der Waals surface area contributed by atoms with Gasteiger partial charge < -0.3 is 9.53 Å². The van der Waals surface area contributed by atoms with Gasteiger partial charge in [-0.25, -0.2) is 8.42 Å². The fourth-order valence-corrected chi connectivity index (χ4v) is 3.63. The molecule has 0 N–H and O–H groups in total. The SMILES string of the molecule is COc1cccc2c1C(C=O)CS2(=O)=O. The second kappa shape index (κ2) is 3.34. The Labute approximate surface area is 87.8 Å². The first-order valence-corrected chi connectivity index (χ1v) is 6.10. The summed E-state index contributed by atoms with van der Waals surface area (Å²) in [6, 6.07) is 4.79. The summed E-state index contributed by atoms with van der Waals surface area (Å²) in [5, 5.41) is 0. The van der Waals surface area contributed by atoms with Crippen molar-refractivity contribution in [3.8, 4) is 5.75 Å². The molecule has 1 atom stereocenters. The zero-order chi connectivity index (χ0) is 11.1. The van der Waals surface area contributed by atoms with Crippen LogP contribution in [0.25, 0.3) is 0 Å². The van der Waals surface area contributed by atoms with Gasteiger partial charge in [0.25, 0.3) is 0 Å². The molecule has 0 aromatic heterocycles. The number of sulfone groups is 1. The molecular weight excluding hydrogens is 216 g/mol. The van der Waals surface area contributed by atoms with Gasteiger partial charge in [0, 0.05) is 5.56 Å². The van der Waals surface area contributed by atoms with E-state index in [1.54, 1.807) is 12.1 Å². The highest BCUT2D eigenvalue weighted by atomic mass is 32.2. The first kappa shape index (κ1) is 10.2. The minimum absolute atomic E-state index is 0.147. The third kappa shape index (κ3) is 1.43. The standard InChI is InChI=1S/C10H10O4S/c1-14-8-3-2-4-9-10(8)7(5-11)6-15(9,12)13/h2-5,7H,6H2,1H3. The van der Waals surface area contributed by atoms with E-state index in [0.29, 0.717) is 17.6 Å². The lowest BCUT2D eigenvalue weighted by Crippen LogP contribution is -2.04. The number of carbonyl (C=O) groups excluding carboxylic acids is 1. The van der Waals surface area contributed by atoms with Crippen LogP contribution in [0, 0.1) is 0 Å². The van der Waals surface area contributed by atoms with Crippen LogP contribution in [-0.4, -0.2) is 27.6 Å². The molecule has 1 aliphatic rings. The van der Waals surface area contributed by atoms with Gasteiger partial charge in [-0.15, -0.1) is 0 Å². The summed E-state index contributed by atoms with van der Waals surface area (Å²) < 4.78 is 28.4. The zero-order valence-corrected chi connectivity index (χ0v) is 8.95. The molecule has 0 fully saturated rings. The molecule has 5 heteroatoms. The first-order valence-electron chi connectivity index (χ1n) is 4.45. The second-order valence-electron chi connectivity index (χ2n) is 3.40. The third-order valence-electron chi connectivity index (χ3n) is 2.52. The Morgan fingerprint density at radius 3 is 2.80 bits per heavy atom. The summed E-state index contributed by atoms with van der Waals surface area (Å²) in [7, 11) is -1.85. The van der Waals surface area contributed by atoms with Gasteiger partial charge in [-0.1, -0.05) is 6.07 Å². The monoisotopic (exact) mass is 226 g/mol. The molecule has 1 heterocycles. The van der Waals surface area contributed by atoms with Crippen LogP contribution in [0.4, 0.5) is 0 Å². The van der Waals surface area contributed by atoms with E-state index >= 15 is 0 Å². The Morgan fingerprint density at radius 2 is 2.20 bits per heavy atom. The number of benzene rings is 1. The quantitative estimate of drug-likeness (QED) is 0.699. The van der Waals surface area contributed by atoms with Gasteiger partial charge in [0.15, 0.2) is 9.84 Å². The Bertz CT molecular complexity index is 504. The highest BCUT2D eigenvalue weighted by molar-refractivity contribution is 7.91. The summed E-state index contributed by atoms with van der Waals surface area (Å²) in [4.78, 5) is 11.0. The van der Waals surface area contributed by atoms with Gasteiger partial charge in [-0.3, -0.25) is 0 Å². The molecule has 80 valence electrons. The van der Waals surface area contributed by atoms with Gasteiger partial charge in [-0.2, -0.15) is 0 Å². The number of fused-ring (bicyclic) bond motifs is 1. The van der Waals surface area contributed by atoms with Crippen LogP contribution in [0.2, 0.25) is 0 Å². The molecule has 0 saturated heterocycles. The van der Waals surface area contributed by atoms with E-state index in [1.807, 2.05) is 0 Å². The van der Waals surface area contributed by atoms with Gasteiger partial charge in [0.2, 0.25) is 0 Å². The molecule has 1 unspecified atom stereocenters. The van der Waals surface area contributed by atoms with E-state index in [-0.39, 0.29) is 10.6 Å². The summed E-state index contributed by atoms with van der Waals surface area (Å²) >= 11 is 0. The fraction of sp³-hybridized carbons (Fsp3) is 0.300. The number of carbonyl (C=O) groups is 1. The van der Waals surface area contributed by atoms with Crippen molar-refractivity contribution in [2.45, 2.75) is 10.8 Å². The number of hydrogen-bond donors (Lipinski definition) is 0. The van der Waals surface area contributed by atoms with Crippen molar-refractivity contribution in [3.05, 3.63) is 23.8 Å². The van der Waals surface area contributed by atoms with Crippen molar-refractivity contribution in [1.82, 2.24) is 0 Å². The topological polar surface area (TPSA) is 60.4 Å². The Morgan fingerprint density at radius 1 is 1.47 bits per heavy atom. The second-order valence-corrected chi connectivity index (χ2v) is 5.40. The molecule has 1 aliphatic heterocycles. The lowest BCUT2D eigenvalue weighted by atomic mass is 10.0. The number of hydrogen-bond acceptors (Lipinski definition) is 4. The maximum Gasteiger partial charge on any atom is 0.179 e. The number of ether oxygens (including phenoxy) is 1. The predicted molar refractivity (Wildman–Crippen MR) is 53.9 cm³/mol. The van der Waals surface area contributed by atoms with Crippen molar-refractivity contribution in [1.29, 1.82) is 0 Å². The van der Waals surface area contributed by atoms with E-state index in [1.165, 1.54) is 13.2 Å². The largest absolute Gasteiger partial charge is 0.496 e. The molecule has 15 heavy (non-hydrogen) atoms. The molecule has 0 radical (unpaired) electrons. The molecule has 4 nitrogen and oxygen atoms in total. The molecule has 0 spiro atoms. The van der Waals surface area contributed by atoms with Crippen LogP contribution < -0.4 is 4.74 Å². The van der Waals surface area contributed by atoms with Gasteiger partial charge in [0.1, 0.15) is 12.0 Å².